The summed E-state index contributed by atoms with van der Waals surface area (Å²) in [5, 5.41) is 10.7. The molecule has 0 amide bonds. The minimum Gasteiger partial charge on any atom is -0.497 e. The summed E-state index contributed by atoms with van der Waals surface area (Å²) >= 11 is 5.95. The van der Waals surface area contributed by atoms with Gasteiger partial charge in [0.1, 0.15) is 17.4 Å². The minimum absolute atomic E-state index is 0.0658. The van der Waals surface area contributed by atoms with Crippen molar-refractivity contribution in [3.8, 4) is 11.8 Å². The summed E-state index contributed by atoms with van der Waals surface area (Å²) < 4.78 is 5.10. The number of H-pyrrole nitrogens is 1. The van der Waals surface area contributed by atoms with Gasteiger partial charge in [0.15, 0.2) is 0 Å². The van der Waals surface area contributed by atoms with Crippen molar-refractivity contribution in [2.45, 2.75) is 0 Å². The molecule has 3 aromatic rings. The number of aromatic amines is 1. The summed E-state index contributed by atoms with van der Waals surface area (Å²) in [6.45, 7) is 0. The molecule has 0 unspecified atom stereocenters. The molecule has 1 heterocycles. The van der Waals surface area contributed by atoms with Gasteiger partial charge >= 0.3 is 0 Å². The second kappa shape index (κ2) is 6.61. The van der Waals surface area contributed by atoms with E-state index in [1.165, 1.54) is 0 Å². The number of ketones is 1. The molecule has 1 N–H and O–H groups in total. The molecule has 0 atom stereocenters. The van der Waals surface area contributed by atoms with E-state index in [9.17, 15) is 10.1 Å². The van der Waals surface area contributed by atoms with Crippen molar-refractivity contribution in [1.82, 2.24) is 4.98 Å². The Hall–Kier alpha value is -3.03. The number of fused-ring (bicyclic) bond motifs is 1. The number of rotatable bonds is 4. The predicted molar refractivity (Wildman–Crippen MR) is 94.2 cm³/mol. The van der Waals surface area contributed by atoms with Crippen molar-refractivity contribution in [2.75, 3.05) is 7.11 Å². The number of ether oxygens (including phenoxy) is 1. The predicted octanol–water partition coefficient (Wildman–Crippen LogP) is 4.62. The maximum Gasteiger partial charge on any atom is 0.205 e. The lowest BCUT2D eigenvalue weighted by Gasteiger charge is -2.01. The molecule has 0 aliphatic rings. The molecule has 118 valence electrons. The van der Waals surface area contributed by atoms with E-state index in [4.69, 9.17) is 16.3 Å². The molecular formula is C19H13ClN2O2. The summed E-state index contributed by atoms with van der Waals surface area (Å²) in [5.41, 5.74) is 2.02. The average molecular weight is 337 g/mol. The van der Waals surface area contributed by atoms with E-state index in [-0.39, 0.29) is 11.4 Å². The maximum atomic E-state index is 12.7. The van der Waals surface area contributed by atoms with E-state index >= 15 is 0 Å². The topological polar surface area (TPSA) is 65.9 Å². The van der Waals surface area contributed by atoms with Crippen LogP contribution in [0, 0.1) is 11.3 Å². The first-order valence-corrected chi connectivity index (χ1v) is 7.57. The number of nitrogens with zero attached hydrogens (tertiary/aromatic N) is 1. The first-order chi connectivity index (χ1) is 11.6. The highest BCUT2D eigenvalue weighted by Gasteiger charge is 2.16. The minimum atomic E-state index is -0.332. The summed E-state index contributed by atoms with van der Waals surface area (Å²) in [5.74, 6) is 0.382. The van der Waals surface area contributed by atoms with Gasteiger partial charge in [-0.15, -0.1) is 0 Å². The Morgan fingerprint density at radius 1 is 1.25 bits per heavy atom. The first-order valence-electron chi connectivity index (χ1n) is 7.19. The Morgan fingerprint density at radius 2 is 2.00 bits per heavy atom. The Bertz CT molecular complexity index is 979. The number of aromatic nitrogens is 1. The molecule has 2 aromatic carbocycles. The number of methoxy groups -OCH3 is 1. The lowest BCUT2D eigenvalue weighted by molar-refractivity contribution is 0.104. The van der Waals surface area contributed by atoms with Crippen molar-refractivity contribution in [3.63, 3.8) is 0 Å². The smallest absolute Gasteiger partial charge is 0.205 e. The van der Waals surface area contributed by atoms with Crippen LogP contribution in [0.1, 0.15) is 15.9 Å². The van der Waals surface area contributed by atoms with E-state index in [1.807, 2.05) is 6.07 Å². The van der Waals surface area contributed by atoms with Gasteiger partial charge in [0.2, 0.25) is 5.78 Å². The first kappa shape index (κ1) is 15.9. The number of halogens is 1. The Balaban J connectivity index is 1.98. The number of carbonyl (C=O) groups excluding carboxylic acids is 1. The monoisotopic (exact) mass is 336 g/mol. The largest absolute Gasteiger partial charge is 0.497 e. The van der Waals surface area contributed by atoms with Crippen molar-refractivity contribution < 1.29 is 9.53 Å². The van der Waals surface area contributed by atoms with E-state index < -0.39 is 0 Å². The van der Waals surface area contributed by atoms with Crippen LogP contribution in [0.15, 0.2) is 54.2 Å². The summed E-state index contributed by atoms with van der Waals surface area (Å²) in [6.07, 6.45) is 3.17. The zero-order chi connectivity index (χ0) is 17.1. The molecule has 1 aromatic heterocycles. The third-order valence-corrected chi connectivity index (χ3v) is 3.92. The molecule has 4 nitrogen and oxygen atoms in total. The number of hydrogen-bond acceptors (Lipinski definition) is 3. The second-order valence-corrected chi connectivity index (χ2v) is 5.60. The Labute approximate surface area is 143 Å². The van der Waals surface area contributed by atoms with Crippen LogP contribution in [0.5, 0.6) is 5.75 Å². The molecule has 0 saturated carbocycles. The molecule has 0 bridgehead atoms. The van der Waals surface area contributed by atoms with Crippen LogP contribution in [-0.4, -0.2) is 17.9 Å². The van der Waals surface area contributed by atoms with Gasteiger partial charge in [0, 0.05) is 27.7 Å². The molecule has 0 aliphatic heterocycles. The number of benzene rings is 2. The fraction of sp³-hybridized carbons (Fsp3) is 0.0526. The standard InChI is InChI=1S/C19H13ClN2O2/c1-24-15-5-2-12(3-6-15)8-13(10-21)19(23)17-11-22-18-9-14(20)4-7-16(17)18/h2-9,11,22H,1H3. The van der Waals surface area contributed by atoms with Crippen LogP contribution in [0.3, 0.4) is 0 Å². The van der Waals surface area contributed by atoms with Crippen LogP contribution < -0.4 is 4.74 Å². The summed E-state index contributed by atoms with van der Waals surface area (Å²) in [4.78, 5) is 15.7. The third-order valence-electron chi connectivity index (χ3n) is 3.68. The van der Waals surface area contributed by atoms with E-state index in [2.05, 4.69) is 4.98 Å². The molecule has 3 rings (SSSR count). The molecule has 0 saturated heterocycles. The van der Waals surface area contributed by atoms with Gasteiger partial charge in [-0.25, -0.2) is 0 Å². The molecule has 0 radical (unpaired) electrons. The van der Waals surface area contributed by atoms with Crippen molar-refractivity contribution in [3.05, 3.63) is 70.4 Å². The second-order valence-electron chi connectivity index (χ2n) is 5.16. The SMILES string of the molecule is COc1ccc(C=C(C#N)C(=O)c2c[nH]c3cc(Cl)ccc23)cc1. The van der Waals surface area contributed by atoms with Gasteiger partial charge < -0.3 is 9.72 Å². The zero-order valence-corrected chi connectivity index (χ0v) is 13.6. The third kappa shape index (κ3) is 3.03. The van der Waals surface area contributed by atoms with Gasteiger partial charge in [0.25, 0.3) is 0 Å². The maximum absolute atomic E-state index is 12.7. The molecule has 24 heavy (non-hydrogen) atoms. The number of carbonyl (C=O) groups is 1. The van der Waals surface area contributed by atoms with E-state index in [0.717, 1.165) is 16.5 Å². The fourth-order valence-corrected chi connectivity index (χ4v) is 2.62. The molecule has 0 aliphatic carbocycles. The normalized spacial score (nSPS) is 11.3. The quantitative estimate of drug-likeness (QED) is 0.429. The van der Waals surface area contributed by atoms with E-state index in [0.29, 0.717) is 16.3 Å². The Morgan fingerprint density at radius 3 is 2.67 bits per heavy atom. The summed E-state index contributed by atoms with van der Waals surface area (Å²) in [7, 11) is 1.58. The molecular weight excluding hydrogens is 324 g/mol. The highest BCUT2D eigenvalue weighted by molar-refractivity contribution is 6.31. The van der Waals surface area contributed by atoms with Gasteiger partial charge in [0.05, 0.1) is 7.11 Å². The summed E-state index contributed by atoms with van der Waals surface area (Å²) in [6, 6.07) is 14.3. The number of nitriles is 1. The van der Waals surface area contributed by atoms with Gasteiger partial charge in [-0.3, -0.25) is 4.79 Å². The van der Waals surface area contributed by atoms with Crippen LogP contribution in [0.4, 0.5) is 0 Å². The molecule has 0 spiro atoms. The van der Waals surface area contributed by atoms with Gasteiger partial charge in [-0.2, -0.15) is 5.26 Å². The lowest BCUT2D eigenvalue weighted by Crippen LogP contribution is -2.01. The number of allylic oxidation sites excluding steroid dienone is 1. The molecule has 0 fully saturated rings. The highest BCUT2D eigenvalue weighted by atomic mass is 35.5. The van der Waals surface area contributed by atoms with Crippen LogP contribution in [0.25, 0.3) is 17.0 Å². The van der Waals surface area contributed by atoms with Gasteiger partial charge in [-0.1, -0.05) is 29.8 Å². The van der Waals surface area contributed by atoms with E-state index in [1.54, 1.807) is 61.8 Å². The average Bonchev–Trinajstić information content (AvgIpc) is 3.02. The number of hydrogen-bond donors (Lipinski definition) is 1. The highest BCUT2D eigenvalue weighted by Crippen LogP contribution is 2.24. The van der Waals surface area contributed by atoms with Crippen molar-refractivity contribution in [1.29, 1.82) is 5.26 Å². The number of nitrogens with one attached hydrogen (secondary N) is 1. The fourth-order valence-electron chi connectivity index (χ4n) is 2.45. The van der Waals surface area contributed by atoms with Crippen molar-refractivity contribution >= 4 is 34.4 Å². The van der Waals surface area contributed by atoms with Gasteiger partial charge in [-0.05, 0) is 35.9 Å². The number of Topliss-reactive ketones (excluding diaryl/α,β-unsaturated/α-hetero) is 1. The zero-order valence-electron chi connectivity index (χ0n) is 12.8. The van der Waals surface area contributed by atoms with Crippen LogP contribution in [0.2, 0.25) is 5.02 Å². The van der Waals surface area contributed by atoms with Crippen molar-refractivity contribution in [2.24, 2.45) is 0 Å². The molecule has 5 heteroatoms. The Kier molecular flexibility index (Phi) is 4.37. The lowest BCUT2D eigenvalue weighted by atomic mass is 10.0. The van der Waals surface area contributed by atoms with Crippen LogP contribution >= 0.6 is 11.6 Å². The van der Waals surface area contributed by atoms with Crippen LogP contribution in [-0.2, 0) is 0 Å².